The van der Waals surface area contributed by atoms with Crippen molar-refractivity contribution in [1.82, 2.24) is 19.7 Å². The molecule has 3 amide bonds. The third kappa shape index (κ3) is 3.22. The van der Waals surface area contributed by atoms with Gasteiger partial charge in [-0.1, -0.05) is 0 Å². The molecule has 22 heavy (non-hydrogen) atoms. The highest BCUT2D eigenvalue weighted by Crippen LogP contribution is 2.13. The van der Waals surface area contributed by atoms with Gasteiger partial charge < -0.3 is 19.4 Å². The van der Waals surface area contributed by atoms with Crippen molar-refractivity contribution in [3.8, 4) is 0 Å². The number of aryl methyl sites for hydroxylation is 1. The van der Waals surface area contributed by atoms with E-state index in [0.717, 1.165) is 5.01 Å². The lowest BCUT2D eigenvalue weighted by Gasteiger charge is -2.38. The van der Waals surface area contributed by atoms with Gasteiger partial charge in [0.2, 0.25) is 0 Å². The molecular formula is C14H20N4O3S. The van der Waals surface area contributed by atoms with Crippen LogP contribution in [0.15, 0.2) is 5.38 Å². The summed E-state index contributed by atoms with van der Waals surface area (Å²) in [5, 5.41) is 2.69. The van der Waals surface area contributed by atoms with Crippen LogP contribution >= 0.6 is 11.3 Å². The van der Waals surface area contributed by atoms with Crippen LogP contribution in [0.25, 0.3) is 0 Å². The van der Waals surface area contributed by atoms with Crippen molar-refractivity contribution in [2.75, 3.05) is 52.5 Å². The minimum Gasteiger partial charge on any atom is -0.378 e. The highest BCUT2D eigenvalue weighted by atomic mass is 32.1. The fraction of sp³-hybridized carbons (Fsp3) is 0.643. The van der Waals surface area contributed by atoms with Crippen LogP contribution in [0.3, 0.4) is 0 Å². The van der Waals surface area contributed by atoms with E-state index in [0.29, 0.717) is 58.2 Å². The summed E-state index contributed by atoms with van der Waals surface area (Å²) in [6.07, 6.45) is 0. The van der Waals surface area contributed by atoms with E-state index < -0.39 is 0 Å². The highest BCUT2D eigenvalue weighted by molar-refractivity contribution is 7.09. The van der Waals surface area contributed by atoms with Gasteiger partial charge in [-0.05, 0) is 6.92 Å². The summed E-state index contributed by atoms with van der Waals surface area (Å²) in [6.45, 7) is 6.67. The molecule has 0 unspecified atom stereocenters. The Morgan fingerprint density at radius 3 is 2.23 bits per heavy atom. The summed E-state index contributed by atoms with van der Waals surface area (Å²) in [4.78, 5) is 34.4. The van der Waals surface area contributed by atoms with Crippen molar-refractivity contribution in [3.63, 3.8) is 0 Å². The van der Waals surface area contributed by atoms with Gasteiger partial charge in [-0.15, -0.1) is 11.3 Å². The zero-order valence-corrected chi connectivity index (χ0v) is 13.5. The van der Waals surface area contributed by atoms with Gasteiger partial charge in [0.15, 0.2) is 0 Å². The quantitative estimate of drug-likeness (QED) is 0.761. The number of ether oxygens (including phenoxy) is 1. The van der Waals surface area contributed by atoms with E-state index in [1.165, 1.54) is 11.3 Å². The second-order valence-corrected chi connectivity index (χ2v) is 6.48. The van der Waals surface area contributed by atoms with Crippen molar-refractivity contribution in [2.45, 2.75) is 6.92 Å². The molecule has 2 aliphatic heterocycles. The SMILES string of the molecule is Cc1nc(C(=O)N2CCN(C(=O)N3CCOCC3)CC2)cs1. The maximum Gasteiger partial charge on any atom is 0.320 e. The van der Waals surface area contributed by atoms with Crippen LogP contribution < -0.4 is 0 Å². The minimum atomic E-state index is -0.0391. The first-order valence-electron chi connectivity index (χ1n) is 7.48. The molecule has 0 spiro atoms. The fourth-order valence-corrected chi connectivity index (χ4v) is 3.27. The topological polar surface area (TPSA) is 66.0 Å². The number of nitrogens with zero attached hydrogens (tertiary/aromatic N) is 4. The number of aromatic nitrogens is 1. The number of piperazine rings is 1. The molecule has 0 atom stereocenters. The van der Waals surface area contributed by atoms with E-state index in [-0.39, 0.29) is 11.9 Å². The molecule has 1 aromatic heterocycles. The molecule has 0 bridgehead atoms. The smallest absolute Gasteiger partial charge is 0.320 e. The Balaban J connectivity index is 1.53. The van der Waals surface area contributed by atoms with Crippen LogP contribution in [-0.2, 0) is 4.74 Å². The number of amides is 3. The summed E-state index contributed by atoms with van der Waals surface area (Å²) < 4.78 is 5.27. The average molecular weight is 324 g/mol. The Bertz CT molecular complexity index is 548. The Labute approximate surface area is 133 Å². The molecule has 3 heterocycles. The van der Waals surface area contributed by atoms with Crippen molar-refractivity contribution in [1.29, 1.82) is 0 Å². The number of rotatable bonds is 1. The van der Waals surface area contributed by atoms with Gasteiger partial charge in [0, 0.05) is 44.6 Å². The van der Waals surface area contributed by atoms with Gasteiger partial charge in [-0.3, -0.25) is 4.79 Å². The Kier molecular flexibility index (Phi) is 4.58. The molecule has 0 aliphatic carbocycles. The summed E-state index contributed by atoms with van der Waals surface area (Å²) in [5.74, 6) is -0.0391. The molecule has 2 aliphatic rings. The molecule has 120 valence electrons. The lowest BCUT2D eigenvalue weighted by molar-refractivity contribution is 0.0362. The average Bonchev–Trinajstić information content (AvgIpc) is 3.01. The Morgan fingerprint density at radius 1 is 1.05 bits per heavy atom. The summed E-state index contributed by atoms with van der Waals surface area (Å²) in [5.41, 5.74) is 0.510. The number of urea groups is 1. The van der Waals surface area contributed by atoms with Crippen molar-refractivity contribution in [2.24, 2.45) is 0 Å². The van der Waals surface area contributed by atoms with Crippen LogP contribution in [0.2, 0.25) is 0 Å². The van der Waals surface area contributed by atoms with Gasteiger partial charge in [-0.25, -0.2) is 9.78 Å². The molecule has 1 aromatic rings. The summed E-state index contributed by atoms with van der Waals surface area (Å²) in [6, 6.07) is 0.0555. The van der Waals surface area contributed by atoms with Crippen molar-refractivity contribution in [3.05, 3.63) is 16.1 Å². The van der Waals surface area contributed by atoms with E-state index >= 15 is 0 Å². The molecule has 2 fully saturated rings. The molecule has 7 nitrogen and oxygen atoms in total. The summed E-state index contributed by atoms with van der Waals surface area (Å²) >= 11 is 1.48. The Hall–Kier alpha value is -1.67. The van der Waals surface area contributed by atoms with Crippen molar-refractivity contribution >= 4 is 23.3 Å². The number of carbonyl (C=O) groups excluding carboxylic acids is 2. The van der Waals surface area contributed by atoms with Gasteiger partial charge in [0.25, 0.3) is 5.91 Å². The van der Waals surface area contributed by atoms with Crippen LogP contribution in [-0.4, -0.2) is 84.1 Å². The molecule has 8 heteroatoms. The standard InChI is InChI=1S/C14H20N4O3S/c1-11-15-12(10-22-11)13(19)16-2-4-17(5-3-16)14(20)18-6-8-21-9-7-18/h10H,2-9H2,1H3. The zero-order chi connectivity index (χ0) is 15.5. The third-order valence-corrected chi connectivity index (χ3v) is 4.73. The second-order valence-electron chi connectivity index (χ2n) is 5.41. The molecule has 3 rings (SSSR count). The van der Waals surface area contributed by atoms with Gasteiger partial charge >= 0.3 is 6.03 Å². The van der Waals surface area contributed by atoms with E-state index in [1.807, 2.05) is 16.7 Å². The van der Waals surface area contributed by atoms with Gasteiger partial charge in [0.1, 0.15) is 5.69 Å². The molecule has 0 N–H and O–H groups in total. The Morgan fingerprint density at radius 2 is 1.64 bits per heavy atom. The minimum absolute atomic E-state index is 0.0391. The van der Waals surface area contributed by atoms with Gasteiger partial charge in [-0.2, -0.15) is 0 Å². The predicted molar refractivity (Wildman–Crippen MR) is 82.1 cm³/mol. The molecule has 0 saturated carbocycles. The van der Waals surface area contributed by atoms with Gasteiger partial charge in [0.05, 0.1) is 18.2 Å². The number of thiazole rings is 1. The van der Waals surface area contributed by atoms with E-state index in [4.69, 9.17) is 4.74 Å². The lowest BCUT2D eigenvalue weighted by atomic mass is 10.3. The zero-order valence-electron chi connectivity index (χ0n) is 12.7. The normalized spacial score (nSPS) is 19.4. The van der Waals surface area contributed by atoms with Crippen molar-refractivity contribution < 1.29 is 14.3 Å². The molecule has 2 saturated heterocycles. The number of hydrogen-bond donors (Lipinski definition) is 0. The number of hydrogen-bond acceptors (Lipinski definition) is 5. The first kappa shape index (κ1) is 15.2. The fourth-order valence-electron chi connectivity index (χ4n) is 2.68. The molecule has 0 aromatic carbocycles. The maximum atomic E-state index is 12.4. The molecular weight excluding hydrogens is 304 g/mol. The van der Waals surface area contributed by atoms with E-state index in [2.05, 4.69) is 4.98 Å². The van der Waals surface area contributed by atoms with E-state index in [9.17, 15) is 9.59 Å². The number of carbonyl (C=O) groups is 2. The van der Waals surface area contributed by atoms with E-state index in [1.54, 1.807) is 10.3 Å². The molecule has 0 radical (unpaired) electrons. The first-order chi connectivity index (χ1) is 10.6. The number of morpholine rings is 1. The largest absolute Gasteiger partial charge is 0.378 e. The first-order valence-corrected chi connectivity index (χ1v) is 8.36. The highest BCUT2D eigenvalue weighted by Gasteiger charge is 2.28. The van der Waals surface area contributed by atoms with Crippen LogP contribution in [0, 0.1) is 6.92 Å². The van der Waals surface area contributed by atoms with Crippen LogP contribution in [0.5, 0.6) is 0 Å². The summed E-state index contributed by atoms with van der Waals surface area (Å²) in [7, 11) is 0. The van der Waals surface area contributed by atoms with Crippen LogP contribution in [0.1, 0.15) is 15.5 Å². The van der Waals surface area contributed by atoms with Crippen LogP contribution in [0.4, 0.5) is 4.79 Å². The lowest BCUT2D eigenvalue weighted by Crippen LogP contribution is -2.55. The monoisotopic (exact) mass is 324 g/mol. The maximum absolute atomic E-state index is 12.4. The second kappa shape index (κ2) is 6.62. The third-order valence-electron chi connectivity index (χ3n) is 3.96. The predicted octanol–water partition coefficient (Wildman–Crippen LogP) is 0.662.